The number of esters is 1. The number of nitrogens with zero attached hydrogens (tertiary/aromatic N) is 2. The Kier molecular flexibility index (Phi) is 5.76. The van der Waals surface area contributed by atoms with Crippen LogP contribution in [0, 0.1) is 6.92 Å². The fraction of sp³-hybridized carbons (Fsp3) is 0.238. The van der Waals surface area contributed by atoms with E-state index in [9.17, 15) is 9.59 Å². The van der Waals surface area contributed by atoms with Gasteiger partial charge in [-0.3, -0.25) is 9.59 Å². The third-order valence-corrected chi connectivity index (χ3v) is 4.04. The summed E-state index contributed by atoms with van der Waals surface area (Å²) in [4.78, 5) is 23.6. The summed E-state index contributed by atoms with van der Waals surface area (Å²) in [7, 11) is 0. The van der Waals surface area contributed by atoms with Gasteiger partial charge in [-0.05, 0) is 43.3 Å². The molecule has 0 N–H and O–H groups in total. The first kappa shape index (κ1) is 18.5. The molecule has 0 aliphatic heterocycles. The monoisotopic (exact) mass is 364 g/mol. The van der Waals surface area contributed by atoms with Gasteiger partial charge in [-0.15, -0.1) is 10.2 Å². The Morgan fingerprint density at radius 2 is 1.70 bits per heavy atom. The van der Waals surface area contributed by atoms with Gasteiger partial charge in [0, 0.05) is 24.0 Å². The molecule has 0 saturated carbocycles. The molecule has 6 heteroatoms. The Bertz CT molecular complexity index is 928. The van der Waals surface area contributed by atoms with E-state index in [2.05, 4.69) is 10.2 Å². The second-order valence-corrected chi connectivity index (χ2v) is 6.14. The van der Waals surface area contributed by atoms with Gasteiger partial charge in [-0.2, -0.15) is 0 Å². The van der Waals surface area contributed by atoms with Crippen LogP contribution in [0.15, 0.2) is 52.9 Å². The first-order valence-electron chi connectivity index (χ1n) is 8.78. The number of rotatable bonds is 7. The molecule has 138 valence electrons. The van der Waals surface area contributed by atoms with Crippen LogP contribution in [0.1, 0.15) is 41.6 Å². The third-order valence-electron chi connectivity index (χ3n) is 4.04. The van der Waals surface area contributed by atoms with E-state index in [-0.39, 0.29) is 12.2 Å². The highest BCUT2D eigenvalue weighted by Crippen LogP contribution is 2.19. The predicted molar refractivity (Wildman–Crippen MR) is 99.5 cm³/mol. The quantitative estimate of drug-likeness (QED) is 0.355. The molecular formula is C21H20N2O4. The SMILES string of the molecule is CCC(=O)c1ccc(OC(=O)CCc2nnc(-c3ccc(C)cc3)o2)cc1. The van der Waals surface area contributed by atoms with Crippen LogP contribution in [0.25, 0.3) is 11.5 Å². The molecule has 1 aromatic heterocycles. The summed E-state index contributed by atoms with van der Waals surface area (Å²) >= 11 is 0. The van der Waals surface area contributed by atoms with Crippen LogP contribution in [-0.2, 0) is 11.2 Å². The maximum atomic E-state index is 12.0. The number of ketones is 1. The molecule has 0 aliphatic rings. The van der Waals surface area contributed by atoms with Crippen LogP contribution >= 0.6 is 0 Å². The molecule has 0 unspecified atom stereocenters. The standard InChI is InChI=1S/C21H20N2O4/c1-3-18(24)15-8-10-17(11-9-15)26-20(25)13-12-19-22-23-21(27-19)16-6-4-14(2)5-7-16/h4-11H,3,12-13H2,1-2H3. The van der Waals surface area contributed by atoms with Gasteiger partial charge in [-0.25, -0.2) is 0 Å². The largest absolute Gasteiger partial charge is 0.427 e. The van der Waals surface area contributed by atoms with Crippen molar-refractivity contribution in [1.29, 1.82) is 0 Å². The molecule has 0 spiro atoms. The maximum absolute atomic E-state index is 12.0. The second kappa shape index (κ2) is 8.40. The minimum atomic E-state index is -0.403. The van der Waals surface area contributed by atoms with E-state index in [1.165, 1.54) is 0 Å². The Morgan fingerprint density at radius 1 is 1.00 bits per heavy atom. The van der Waals surface area contributed by atoms with E-state index < -0.39 is 5.97 Å². The Balaban J connectivity index is 1.53. The lowest BCUT2D eigenvalue weighted by atomic mass is 10.1. The summed E-state index contributed by atoms with van der Waals surface area (Å²) in [6, 6.07) is 14.3. The van der Waals surface area contributed by atoms with Crippen molar-refractivity contribution in [3.63, 3.8) is 0 Å². The van der Waals surface area contributed by atoms with Crippen LogP contribution in [0.3, 0.4) is 0 Å². The van der Waals surface area contributed by atoms with E-state index >= 15 is 0 Å². The van der Waals surface area contributed by atoms with Crippen LogP contribution in [0.4, 0.5) is 0 Å². The van der Waals surface area contributed by atoms with Crippen molar-refractivity contribution in [3.8, 4) is 17.2 Å². The maximum Gasteiger partial charge on any atom is 0.311 e. The molecule has 0 atom stereocenters. The highest BCUT2D eigenvalue weighted by atomic mass is 16.5. The Hall–Kier alpha value is -3.28. The lowest BCUT2D eigenvalue weighted by molar-refractivity contribution is -0.134. The summed E-state index contributed by atoms with van der Waals surface area (Å²) in [6.45, 7) is 3.81. The van der Waals surface area contributed by atoms with E-state index in [0.717, 1.165) is 11.1 Å². The van der Waals surface area contributed by atoms with Crippen molar-refractivity contribution in [2.24, 2.45) is 0 Å². The van der Waals surface area contributed by atoms with Crippen LogP contribution < -0.4 is 4.74 Å². The van der Waals surface area contributed by atoms with E-state index in [1.807, 2.05) is 31.2 Å². The van der Waals surface area contributed by atoms with Crippen molar-refractivity contribution < 1.29 is 18.7 Å². The number of carbonyl (C=O) groups excluding carboxylic acids is 2. The fourth-order valence-electron chi connectivity index (χ4n) is 2.47. The molecule has 1 heterocycles. The van der Waals surface area contributed by atoms with E-state index in [4.69, 9.17) is 9.15 Å². The van der Waals surface area contributed by atoms with Gasteiger partial charge in [0.05, 0.1) is 6.42 Å². The molecule has 0 bridgehead atoms. The molecule has 27 heavy (non-hydrogen) atoms. The van der Waals surface area contributed by atoms with Crippen LogP contribution in [0.5, 0.6) is 5.75 Å². The topological polar surface area (TPSA) is 82.3 Å². The predicted octanol–water partition coefficient (Wildman–Crippen LogP) is 4.18. The molecule has 6 nitrogen and oxygen atoms in total. The smallest absolute Gasteiger partial charge is 0.311 e. The Morgan fingerprint density at radius 3 is 2.37 bits per heavy atom. The molecule has 3 aromatic rings. The van der Waals surface area contributed by atoms with Gasteiger partial charge in [0.15, 0.2) is 5.78 Å². The zero-order valence-corrected chi connectivity index (χ0v) is 15.3. The average Bonchev–Trinajstić information content (AvgIpc) is 3.16. The zero-order valence-electron chi connectivity index (χ0n) is 15.3. The summed E-state index contributed by atoms with van der Waals surface area (Å²) in [5.74, 6) is 0.854. The van der Waals surface area contributed by atoms with Gasteiger partial charge < -0.3 is 9.15 Å². The molecule has 3 rings (SSSR count). The van der Waals surface area contributed by atoms with Gasteiger partial charge in [0.1, 0.15) is 5.75 Å². The zero-order chi connectivity index (χ0) is 19.2. The normalized spacial score (nSPS) is 10.6. The molecule has 0 amide bonds. The van der Waals surface area contributed by atoms with Crippen LogP contribution in [-0.4, -0.2) is 21.9 Å². The van der Waals surface area contributed by atoms with Gasteiger partial charge in [0.25, 0.3) is 0 Å². The Labute approximate surface area is 157 Å². The van der Waals surface area contributed by atoms with Crippen molar-refractivity contribution in [3.05, 3.63) is 65.5 Å². The lowest BCUT2D eigenvalue weighted by Gasteiger charge is -2.04. The average molecular weight is 364 g/mol. The number of hydrogen-bond donors (Lipinski definition) is 0. The minimum absolute atomic E-state index is 0.0497. The third kappa shape index (κ3) is 4.88. The minimum Gasteiger partial charge on any atom is -0.427 e. The van der Waals surface area contributed by atoms with E-state index in [0.29, 0.717) is 35.9 Å². The highest BCUT2D eigenvalue weighted by molar-refractivity contribution is 5.95. The molecule has 0 aliphatic carbocycles. The number of aromatic nitrogens is 2. The molecule has 2 aromatic carbocycles. The first-order valence-corrected chi connectivity index (χ1v) is 8.78. The second-order valence-electron chi connectivity index (χ2n) is 6.14. The summed E-state index contributed by atoms with van der Waals surface area (Å²) in [6.07, 6.45) is 0.850. The molecule has 0 saturated heterocycles. The molecule has 0 fully saturated rings. The van der Waals surface area contributed by atoms with Gasteiger partial charge >= 0.3 is 5.97 Å². The van der Waals surface area contributed by atoms with Crippen molar-refractivity contribution in [2.75, 3.05) is 0 Å². The highest BCUT2D eigenvalue weighted by Gasteiger charge is 2.12. The number of hydrogen-bond acceptors (Lipinski definition) is 6. The number of Topliss-reactive ketones (excluding diaryl/α,β-unsaturated/α-hetero) is 1. The number of benzene rings is 2. The summed E-state index contributed by atoms with van der Waals surface area (Å²) in [5.41, 5.74) is 2.59. The van der Waals surface area contributed by atoms with Crippen molar-refractivity contribution in [1.82, 2.24) is 10.2 Å². The lowest BCUT2D eigenvalue weighted by Crippen LogP contribution is -2.09. The fourth-order valence-corrected chi connectivity index (χ4v) is 2.47. The van der Waals surface area contributed by atoms with Crippen molar-refractivity contribution in [2.45, 2.75) is 33.1 Å². The van der Waals surface area contributed by atoms with Crippen molar-refractivity contribution >= 4 is 11.8 Å². The first-order chi connectivity index (χ1) is 13.0. The molecule has 0 radical (unpaired) electrons. The summed E-state index contributed by atoms with van der Waals surface area (Å²) < 4.78 is 10.9. The van der Waals surface area contributed by atoms with Gasteiger partial charge in [0.2, 0.25) is 11.8 Å². The van der Waals surface area contributed by atoms with Gasteiger partial charge in [-0.1, -0.05) is 24.6 Å². The van der Waals surface area contributed by atoms with Crippen LogP contribution in [0.2, 0.25) is 0 Å². The van der Waals surface area contributed by atoms with E-state index in [1.54, 1.807) is 31.2 Å². The number of carbonyl (C=O) groups is 2. The summed E-state index contributed by atoms with van der Waals surface area (Å²) in [5, 5.41) is 7.98. The number of ether oxygens (including phenoxy) is 1. The number of aryl methyl sites for hydroxylation is 2. The molecular weight excluding hydrogens is 344 g/mol.